The maximum absolute atomic E-state index is 12.8. The first kappa shape index (κ1) is 28.0. The SMILES string of the molecule is COc1ccc(C(CNC(CO)c2ccc(O)c(NS(=O)(=O)c3ccccc3)c2)c2ccc(OC)cc2)cc1. The highest BCUT2D eigenvalue weighted by Crippen LogP contribution is 2.31. The van der Waals surface area contributed by atoms with E-state index in [-0.39, 0.29) is 28.9 Å². The van der Waals surface area contributed by atoms with E-state index in [0.717, 1.165) is 22.6 Å². The van der Waals surface area contributed by atoms with E-state index in [1.54, 1.807) is 38.5 Å². The molecular weight excluding hydrogens is 516 g/mol. The molecule has 0 aliphatic carbocycles. The second kappa shape index (κ2) is 12.7. The van der Waals surface area contributed by atoms with Crippen LogP contribution in [-0.2, 0) is 10.0 Å². The summed E-state index contributed by atoms with van der Waals surface area (Å²) in [6.07, 6.45) is 0. The summed E-state index contributed by atoms with van der Waals surface area (Å²) in [4.78, 5) is 0.0773. The molecule has 9 heteroatoms. The molecule has 0 bridgehead atoms. The van der Waals surface area contributed by atoms with Crippen LogP contribution in [0.3, 0.4) is 0 Å². The minimum Gasteiger partial charge on any atom is -0.506 e. The molecule has 39 heavy (non-hydrogen) atoms. The fourth-order valence-electron chi connectivity index (χ4n) is 4.30. The second-order valence-corrected chi connectivity index (χ2v) is 10.6. The van der Waals surface area contributed by atoms with E-state index in [0.29, 0.717) is 12.1 Å². The molecule has 0 aliphatic heterocycles. The first-order valence-electron chi connectivity index (χ1n) is 12.4. The summed E-state index contributed by atoms with van der Waals surface area (Å²) >= 11 is 0. The Bertz CT molecular complexity index is 1410. The third-order valence-electron chi connectivity index (χ3n) is 6.51. The van der Waals surface area contributed by atoms with Crippen molar-refractivity contribution >= 4 is 15.7 Å². The number of methoxy groups -OCH3 is 2. The Morgan fingerprint density at radius 3 is 1.82 bits per heavy atom. The van der Waals surface area contributed by atoms with Gasteiger partial charge in [-0.25, -0.2) is 8.42 Å². The van der Waals surface area contributed by atoms with E-state index in [9.17, 15) is 18.6 Å². The Kier molecular flexibility index (Phi) is 9.08. The summed E-state index contributed by atoms with van der Waals surface area (Å²) in [5.74, 6) is 1.22. The molecular formula is C30H32N2O6S. The molecule has 0 saturated heterocycles. The fourth-order valence-corrected chi connectivity index (χ4v) is 5.39. The minimum absolute atomic E-state index is 0.0264. The number of anilines is 1. The zero-order valence-corrected chi connectivity index (χ0v) is 22.6. The van der Waals surface area contributed by atoms with Gasteiger partial charge in [-0.1, -0.05) is 48.5 Å². The standard InChI is InChI=1S/C30H32N2O6S/c1-37-24-13-8-21(9-14-24)27(22-10-15-25(38-2)16-11-22)19-31-29(20-33)23-12-17-30(34)28(18-23)32-39(35,36)26-6-4-3-5-7-26/h3-18,27,29,31-34H,19-20H2,1-2H3. The normalized spacial score (nSPS) is 12.2. The molecule has 0 radical (unpaired) electrons. The van der Waals surface area contributed by atoms with E-state index >= 15 is 0 Å². The molecule has 4 N–H and O–H groups in total. The largest absolute Gasteiger partial charge is 0.506 e. The molecule has 1 unspecified atom stereocenters. The molecule has 4 aromatic carbocycles. The molecule has 0 aliphatic rings. The molecule has 204 valence electrons. The number of nitrogens with one attached hydrogen (secondary N) is 2. The summed E-state index contributed by atoms with van der Waals surface area (Å²) in [5.41, 5.74) is 2.74. The van der Waals surface area contributed by atoms with Crippen LogP contribution in [0.1, 0.15) is 28.7 Å². The summed E-state index contributed by atoms with van der Waals surface area (Å²) in [7, 11) is -0.667. The average molecular weight is 549 g/mol. The van der Waals surface area contributed by atoms with E-state index in [4.69, 9.17) is 9.47 Å². The molecule has 4 rings (SSSR count). The molecule has 4 aromatic rings. The van der Waals surface area contributed by atoms with Gasteiger partial charge in [-0.05, 0) is 65.2 Å². The van der Waals surface area contributed by atoms with Crippen LogP contribution in [0, 0.1) is 0 Å². The molecule has 0 fully saturated rings. The number of benzene rings is 4. The van der Waals surface area contributed by atoms with Crippen LogP contribution < -0.4 is 19.5 Å². The van der Waals surface area contributed by atoms with Gasteiger partial charge in [0.1, 0.15) is 17.2 Å². The zero-order valence-electron chi connectivity index (χ0n) is 21.7. The topological polar surface area (TPSA) is 117 Å². The van der Waals surface area contributed by atoms with Gasteiger partial charge in [0.25, 0.3) is 10.0 Å². The molecule has 1 atom stereocenters. The van der Waals surface area contributed by atoms with Crippen molar-refractivity contribution in [3.8, 4) is 17.2 Å². The highest BCUT2D eigenvalue weighted by Gasteiger charge is 2.21. The number of phenols is 1. The molecule has 0 heterocycles. The average Bonchev–Trinajstić information content (AvgIpc) is 2.97. The lowest BCUT2D eigenvalue weighted by molar-refractivity contribution is 0.243. The van der Waals surface area contributed by atoms with Gasteiger partial charge in [0.05, 0.1) is 37.5 Å². The van der Waals surface area contributed by atoms with Gasteiger partial charge in [0.2, 0.25) is 0 Å². The third kappa shape index (κ3) is 6.88. The maximum Gasteiger partial charge on any atom is 0.262 e. The lowest BCUT2D eigenvalue weighted by Crippen LogP contribution is -2.29. The van der Waals surface area contributed by atoms with Crippen molar-refractivity contribution < 1.29 is 28.1 Å². The number of hydrogen-bond acceptors (Lipinski definition) is 7. The maximum atomic E-state index is 12.8. The van der Waals surface area contributed by atoms with Gasteiger partial charge in [0.15, 0.2) is 0 Å². The smallest absolute Gasteiger partial charge is 0.262 e. The predicted octanol–water partition coefficient (Wildman–Crippen LogP) is 4.67. The Morgan fingerprint density at radius 1 is 0.769 bits per heavy atom. The van der Waals surface area contributed by atoms with Crippen LogP contribution in [0.5, 0.6) is 17.2 Å². The first-order chi connectivity index (χ1) is 18.8. The Hall–Kier alpha value is -4.05. The van der Waals surface area contributed by atoms with Crippen molar-refractivity contribution in [1.82, 2.24) is 5.32 Å². The lowest BCUT2D eigenvalue weighted by atomic mass is 9.90. The number of aliphatic hydroxyl groups is 1. The van der Waals surface area contributed by atoms with Crippen LogP contribution in [0.25, 0.3) is 0 Å². The van der Waals surface area contributed by atoms with Gasteiger partial charge in [-0.2, -0.15) is 0 Å². The Morgan fingerprint density at radius 2 is 1.31 bits per heavy atom. The molecule has 0 aromatic heterocycles. The molecule has 0 spiro atoms. The minimum atomic E-state index is -3.91. The second-order valence-electron chi connectivity index (χ2n) is 8.94. The lowest BCUT2D eigenvalue weighted by Gasteiger charge is -2.24. The fraction of sp³-hybridized carbons (Fsp3) is 0.200. The zero-order chi connectivity index (χ0) is 27.8. The van der Waals surface area contributed by atoms with Crippen LogP contribution in [0.4, 0.5) is 5.69 Å². The van der Waals surface area contributed by atoms with Crippen molar-refractivity contribution in [2.24, 2.45) is 0 Å². The quantitative estimate of drug-likeness (QED) is 0.190. The molecule has 0 saturated carbocycles. The van der Waals surface area contributed by atoms with Crippen LogP contribution in [0.15, 0.2) is 102 Å². The third-order valence-corrected chi connectivity index (χ3v) is 7.89. The van der Waals surface area contributed by atoms with Crippen molar-refractivity contribution in [1.29, 1.82) is 0 Å². The van der Waals surface area contributed by atoms with E-state index in [1.165, 1.54) is 24.3 Å². The highest BCUT2D eigenvalue weighted by molar-refractivity contribution is 7.92. The number of aliphatic hydroxyl groups excluding tert-OH is 1. The monoisotopic (exact) mass is 548 g/mol. The van der Waals surface area contributed by atoms with E-state index < -0.39 is 16.1 Å². The van der Waals surface area contributed by atoms with Gasteiger partial charge >= 0.3 is 0 Å². The van der Waals surface area contributed by atoms with E-state index in [2.05, 4.69) is 10.0 Å². The van der Waals surface area contributed by atoms with E-state index in [1.807, 2.05) is 48.5 Å². The summed E-state index contributed by atoms with van der Waals surface area (Å²) in [6.45, 7) is 0.226. The Balaban J connectivity index is 1.58. The van der Waals surface area contributed by atoms with Gasteiger partial charge in [-0.15, -0.1) is 0 Å². The number of hydrogen-bond donors (Lipinski definition) is 4. The van der Waals surface area contributed by atoms with Gasteiger partial charge < -0.3 is 25.0 Å². The Labute approximate surface area is 228 Å². The van der Waals surface area contributed by atoms with Crippen molar-refractivity contribution in [2.45, 2.75) is 16.9 Å². The van der Waals surface area contributed by atoms with Crippen molar-refractivity contribution in [2.75, 3.05) is 32.1 Å². The van der Waals surface area contributed by atoms with Crippen LogP contribution in [0.2, 0.25) is 0 Å². The number of ether oxygens (including phenoxy) is 2. The van der Waals surface area contributed by atoms with Gasteiger partial charge in [-0.3, -0.25) is 4.72 Å². The predicted molar refractivity (Wildman–Crippen MR) is 151 cm³/mol. The summed E-state index contributed by atoms with van der Waals surface area (Å²) in [6, 6.07) is 27.6. The highest BCUT2D eigenvalue weighted by atomic mass is 32.2. The van der Waals surface area contributed by atoms with Crippen LogP contribution >= 0.6 is 0 Å². The number of rotatable bonds is 12. The van der Waals surface area contributed by atoms with Crippen LogP contribution in [-0.4, -0.2) is 46.0 Å². The molecule has 8 nitrogen and oxygen atoms in total. The molecule has 0 amide bonds. The summed E-state index contributed by atoms with van der Waals surface area (Å²) < 4.78 is 38.7. The number of sulfonamides is 1. The number of phenolic OH excluding ortho intramolecular Hbond substituents is 1. The first-order valence-corrected chi connectivity index (χ1v) is 13.9. The van der Waals surface area contributed by atoms with Crippen molar-refractivity contribution in [3.05, 3.63) is 114 Å². The summed E-state index contributed by atoms with van der Waals surface area (Å²) in [5, 5.41) is 24.0. The van der Waals surface area contributed by atoms with Crippen molar-refractivity contribution in [3.63, 3.8) is 0 Å². The van der Waals surface area contributed by atoms with Gasteiger partial charge in [0, 0.05) is 12.5 Å². The number of aromatic hydroxyl groups is 1.